The first kappa shape index (κ1) is 24.6. The molecule has 0 saturated carbocycles. The van der Waals surface area contributed by atoms with E-state index in [1.807, 2.05) is 37.3 Å². The average Bonchev–Trinajstić information content (AvgIpc) is 2.83. The molecule has 3 aromatic rings. The number of rotatable bonds is 7. The lowest BCUT2D eigenvalue weighted by Crippen LogP contribution is -2.54. The Balaban J connectivity index is 1.68. The molecule has 0 aliphatic carbocycles. The Hall–Kier alpha value is -3.56. The van der Waals surface area contributed by atoms with E-state index in [1.165, 1.54) is 24.3 Å². The van der Waals surface area contributed by atoms with Crippen LogP contribution in [0, 0.1) is 5.82 Å². The van der Waals surface area contributed by atoms with Gasteiger partial charge in [0.25, 0.3) is 11.8 Å². The molecule has 1 heterocycles. The maximum Gasteiger partial charge on any atom is 0.270 e. The second-order valence-electron chi connectivity index (χ2n) is 7.45. The van der Waals surface area contributed by atoms with Crippen molar-refractivity contribution in [2.24, 2.45) is 0 Å². The van der Waals surface area contributed by atoms with E-state index < -0.39 is 17.6 Å². The van der Waals surface area contributed by atoms with E-state index in [-0.39, 0.29) is 16.4 Å². The first-order valence-electron chi connectivity index (χ1n) is 10.7. The number of carbonyl (C=O) groups is 2. The third-order valence-electron chi connectivity index (χ3n) is 5.06. The molecule has 1 N–H and O–H groups in total. The summed E-state index contributed by atoms with van der Waals surface area (Å²) in [5.41, 5.74) is 1.25. The number of carbonyl (C=O) groups excluding carboxylic acids is 2. The minimum atomic E-state index is -0.734. The van der Waals surface area contributed by atoms with E-state index in [0.29, 0.717) is 34.7 Å². The highest BCUT2D eigenvalue weighted by Crippen LogP contribution is 2.38. The predicted octanol–water partition coefficient (Wildman–Crippen LogP) is 5.40. The zero-order valence-electron chi connectivity index (χ0n) is 18.6. The smallest absolute Gasteiger partial charge is 0.270 e. The van der Waals surface area contributed by atoms with Gasteiger partial charge in [-0.15, -0.1) is 0 Å². The lowest BCUT2D eigenvalue weighted by Gasteiger charge is -2.29. The fourth-order valence-corrected chi connectivity index (χ4v) is 4.33. The zero-order valence-corrected chi connectivity index (χ0v) is 21.0. The van der Waals surface area contributed by atoms with E-state index in [0.717, 1.165) is 10.5 Å². The monoisotopic (exact) mass is 554 g/mol. The highest BCUT2D eigenvalue weighted by Gasteiger charge is 2.35. The highest BCUT2D eigenvalue weighted by molar-refractivity contribution is 9.10. The van der Waals surface area contributed by atoms with Crippen LogP contribution in [0.4, 0.5) is 10.1 Å². The van der Waals surface area contributed by atoms with Crippen molar-refractivity contribution < 1.29 is 23.5 Å². The number of nitrogens with one attached hydrogen (secondary N) is 1. The van der Waals surface area contributed by atoms with Gasteiger partial charge in [-0.05, 0) is 76.5 Å². The summed E-state index contributed by atoms with van der Waals surface area (Å²) in [7, 11) is 0. The maximum absolute atomic E-state index is 14.4. The third kappa shape index (κ3) is 5.41. The van der Waals surface area contributed by atoms with Crippen LogP contribution in [0.1, 0.15) is 18.1 Å². The van der Waals surface area contributed by atoms with Gasteiger partial charge < -0.3 is 9.47 Å². The second kappa shape index (κ2) is 10.8. The molecule has 2 amide bonds. The fourth-order valence-electron chi connectivity index (χ4n) is 3.48. The molecule has 6 nitrogen and oxygen atoms in total. The normalized spacial score (nSPS) is 14.8. The van der Waals surface area contributed by atoms with Crippen LogP contribution in [0.2, 0.25) is 0 Å². The molecular formula is C26H20BrFN2O4S. The highest BCUT2D eigenvalue weighted by atomic mass is 79.9. The third-order valence-corrected chi connectivity index (χ3v) is 5.94. The molecule has 35 heavy (non-hydrogen) atoms. The number of benzene rings is 3. The number of hydrogen-bond acceptors (Lipinski definition) is 5. The van der Waals surface area contributed by atoms with Gasteiger partial charge >= 0.3 is 0 Å². The summed E-state index contributed by atoms with van der Waals surface area (Å²) in [5, 5.41) is 2.26. The molecule has 4 rings (SSSR count). The molecule has 0 radical (unpaired) electrons. The van der Waals surface area contributed by atoms with Crippen LogP contribution in [0.5, 0.6) is 11.5 Å². The minimum Gasteiger partial charge on any atom is -0.490 e. The van der Waals surface area contributed by atoms with Gasteiger partial charge in [0, 0.05) is 0 Å². The molecule has 1 aliphatic heterocycles. The van der Waals surface area contributed by atoms with E-state index >= 15 is 0 Å². The minimum absolute atomic E-state index is 0.0470. The molecule has 3 aromatic carbocycles. The number of hydrogen-bond donors (Lipinski definition) is 1. The summed E-state index contributed by atoms with van der Waals surface area (Å²) in [6, 6.07) is 18.8. The Morgan fingerprint density at radius 1 is 1.06 bits per heavy atom. The van der Waals surface area contributed by atoms with Gasteiger partial charge in [-0.3, -0.25) is 14.9 Å². The Labute approximate surface area is 215 Å². The van der Waals surface area contributed by atoms with Gasteiger partial charge in [0.2, 0.25) is 0 Å². The van der Waals surface area contributed by atoms with Crippen LogP contribution >= 0.6 is 28.1 Å². The van der Waals surface area contributed by atoms with E-state index in [1.54, 1.807) is 18.2 Å². The van der Waals surface area contributed by atoms with Gasteiger partial charge in [-0.2, -0.15) is 0 Å². The number of halogens is 2. The number of anilines is 1. The first-order valence-corrected chi connectivity index (χ1v) is 11.9. The van der Waals surface area contributed by atoms with Crippen LogP contribution in [-0.2, 0) is 16.2 Å². The van der Waals surface area contributed by atoms with Gasteiger partial charge in [-0.25, -0.2) is 9.29 Å². The van der Waals surface area contributed by atoms with Crippen molar-refractivity contribution in [2.45, 2.75) is 13.5 Å². The standard InChI is InChI=1S/C26H20BrFN2O4S/c1-2-33-22-14-17(13-19(27)23(22)34-15-16-8-4-3-5-9-16)12-18-24(31)29-26(35)30(25(18)32)21-11-7-6-10-20(21)28/h3-14H,2,15H2,1H3,(H,29,31,35)/b18-12+. The molecule has 178 valence electrons. The molecule has 1 fully saturated rings. The number of amides is 2. The Morgan fingerprint density at radius 2 is 1.77 bits per heavy atom. The van der Waals surface area contributed by atoms with Crippen LogP contribution < -0.4 is 19.7 Å². The molecular weight excluding hydrogens is 535 g/mol. The average molecular weight is 555 g/mol. The first-order chi connectivity index (χ1) is 16.9. The number of thiocarbonyl (C=S) groups is 1. The summed E-state index contributed by atoms with van der Waals surface area (Å²) < 4.78 is 26.7. The van der Waals surface area contributed by atoms with E-state index in [4.69, 9.17) is 21.7 Å². The Morgan fingerprint density at radius 3 is 2.49 bits per heavy atom. The fraction of sp³-hybridized carbons (Fsp3) is 0.115. The van der Waals surface area contributed by atoms with Crippen molar-refractivity contribution in [2.75, 3.05) is 11.5 Å². The number of nitrogens with zero attached hydrogens (tertiary/aromatic N) is 1. The summed E-state index contributed by atoms with van der Waals surface area (Å²) in [6.45, 7) is 2.55. The van der Waals surface area contributed by atoms with E-state index in [2.05, 4.69) is 21.2 Å². The Bertz CT molecular complexity index is 1330. The molecule has 0 bridgehead atoms. The largest absolute Gasteiger partial charge is 0.490 e. The van der Waals surface area contributed by atoms with Crippen molar-refractivity contribution >= 4 is 56.8 Å². The molecule has 1 saturated heterocycles. The van der Waals surface area contributed by atoms with Crippen molar-refractivity contribution in [3.63, 3.8) is 0 Å². The van der Waals surface area contributed by atoms with Gasteiger partial charge in [-0.1, -0.05) is 42.5 Å². The summed E-state index contributed by atoms with van der Waals surface area (Å²) in [4.78, 5) is 26.8. The van der Waals surface area contributed by atoms with Crippen molar-refractivity contribution in [1.29, 1.82) is 0 Å². The van der Waals surface area contributed by atoms with Crippen molar-refractivity contribution in [3.05, 3.63) is 93.7 Å². The molecule has 0 spiro atoms. The lowest BCUT2D eigenvalue weighted by molar-refractivity contribution is -0.122. The number of para-hydroxylation sites is 1. The van der Waals surface area contributed by atoms with Crippen LogP contribution in [0.15, 0.2) is 76.8 Å². The quantitative estimate of drug-likeness (QED) is 0.241. The summed E-state index contributed by atoms with van der Waals surface area (Å²) >= 11 is 8.64. The van der Waals surface area contributed by atoms with Crippen LogP contribution in [-0.4, -0.2) is 23.5 Å². The molecule has 0 unspecified atom stereocenters. The van der Waals surface area contributed by atoms with Crippen molar-refractivity contribution in [3.8, 4) is 11.5 Å². The van der Waals surface area contributed by atoms with Crippen LogP contribution in [0.3, 0.4) is 0 Å². The van der Waals surface area contributed by atoms with E-state index in [9.17, 15) is 14.0 Å². The summed E-state index contributed by atoms with van der Waals surface area (Å²) in [5.74, 6) is -1.12. The number of ether oxygens (including phenoxy) is 2. The van der Waals surface area contributed by atoms with Crippen molar-refractivity contribution in [1.82, 2.24) is 5.32 Å². The van der Waals surface area contributed by atoms with Gasteiger partial charge in [0.05, 0.1) is 16.8 Å². The predicted molar refractivity (Wildman–Crippen MR) is 139 cm³/mol. The van der Waals surface area contributed by atoms with Gasteiger partial charge in [0.15, 0.2) is 16.6 Å². The van der Waals surface area contributed by atoms with Crippen LogP contribution in [0.25, 0.3) is 6.08 Å². The molecule has 0 aromatic heterocycles. The topological polar surface area (TPSA) is 67.9 Å². The SMILES string of the molecule is CCOc1cc(/C=C2\C(=O)NC(=S)N(c3ccccc3F)C2=O)cc(Br)c1OCc1ccccc1. The van der Waals surface area contributed by atoms with Gasteiger partial charge in [0.1, 0.15) is 18.0 Å². The maximum atomic E-state index is 14.4. The summed E-state index contributed by atoms with van der Waals surface area (Å²) in [6.07, 6.45) is 1.40. The Kier molecular flexibility index (Phi) is 7.57. The zero-order chi connectivity index (χ0) is 24.9. The lowest BCUT2D eigenvalue weighted by atomic mass is 10.1. The molecule has 0 atom stereocenters. The molecule has 9 heteroatoms. The second-order valence-corrected chi connectivity index (χ2v) is 8.69. The molecule has 1 aliphatic rings.